The Morgan fingerprint density at radius 3 is 2.54 bits per heavy atom. The van der Waals surface area contributed by atoms with E-state index >= 15 is 0 Å². The molecule has 0 bridgehead atoms. The van der Waals surface area contributed by atoms with Crippen LogP contribution in [0, 0.1) is 11.0 Å². The number of aryl methyl sites for hydroxylation is 1. The number of rotatable bonds is 13. The highest BCUT2D eigenvalue weighted by Crippen LogP contribution is 2.34. The molecule has 0 saturated heterocycles. The summed E-state index contributed by atoms with van der Waals surface area (Å²) in [5.41, 5.74) is 2.51. The van der Waals surface area contributed by atoms with E-state index in [-0.39, 0.29) is 29.0 Å². The second-order valence-corrected chi connectivity index (χ2v) is 10.7. The van der Waals surface area contributed by atoms with E-state index in [1.807, 2.05) is 13.8 Å². The van der Waals surface area contributed by atoms with Gasteiger partial charge in [0, 0.05) is 54.8 Å². The molecule has 0 fully saturated rings. The topological polar surface area (TPSA) is 104 Å². The van der Waals surface area contributed by atoms with Crippen molar-refractivity contribution in [1.82, 2.24) is 14.4 Å². The number of ether oxygens (including phenoxy) is 1. The van der Waals surface area contributed by atoms with Gasteiger partial charge < -0.3 is 19.6 Å². The first-order chi connectivity index (χ1) is 18.6. The van der Waals surface area contributed by atoms with E-state index in [1.54, 1.807) is 38.4 Å². The van der Waals surface area contributed by atoms with Crippen molar-refractivity contribution >= 4 is 16.8 Å². The largest absolute Gasteiger partial charge is 0.785 e. The van der Waals surface area contributed by atoms with Crippen LogP contribution in [0.5, 0.6) is 5.75 Å². The number of nitrogens with zero attached hydrogens (tertiary/aromatic N) is 2. The second kappa shape index (κ2) is 13.7. The molecule has 210 valence electrons. The molecule has 0 unspecified atom stereocenters. The molecule has 0 spiro atoms. The average Bonchev–Trinajstić information content (AvgIpc) is 2.92. The summed E-state index contributed by atoms with van der Waals surface area (Å²) >= 11 is 0. The minimum absolute atomic E-state index is 0.0915. The number of unbranched alkanes of at least 4 members (excludes halogenated alkanes) is 1. The van der Waals surface area contributed by atoms with Gasteiger partial charge in [0.2, 0.25) is 0 Å². The standard InChI is InChI=1S/C29H35FN3O5S/c1-6-8-13-39(37)31-19(3)24-16-28(34)32(4)18-26(24)25-14-20(17-33(36)7-2)9-11-22(25)29(35)23-12-10-21(30)15-27(23)38-5/h9-12,14-16,18-19,31H,6-8,13,17H2,1-5H3/q-1/t19-,39+/m0/s1. The van der Waals surface area contributed by atoms with Gasteiger partial charge in [-0.05, 0) is 54.8 Å². The van der Waals surface area contributed by atoms with E-state index in [1.165, 1.54) is 29.9 Å². The van der Waals surface area contributed by atoms with Crippen LogP contribution in [0.3, 0.4) is 0 Å². The summed E-state index contributed by atoms with van der Waals surface area (Å²) in [6.45, 7) is 5.98. The van der Waals surface area contributed by atoms with Crippen molar-refractivity contribution in [2.24, 2.45) is 7.05 Å². The van der Waals surface area contributed by atoms with Gasteiger partial charge in [-0.15, -0.1) is 0 Å². The third kappa shape index (κ3) is 7.48. The van der Waals surface area contributed by atoms with E-state index in [0.29, 0.717) is 34.6 Å². The fraction of sp³-hybridized carbons (Fsp3) is 0.379. The highest BCUT2D eigenvalue weighted by molar-refractivity contribution is 7.83. The lowest BCUT2D eigenvalue weighted by molar-refractivity contribution is 0.103. The molecule has 1 N–H and O–H groups in total. The summed E-state index contributed by atoms with van der Waals surface area (Å²) in [5, 5.41) is 13.1. The zero-order valence-corrected chi connectivity index (χ0v) is 23.8. The Bertz CT molecular complexity index is 1410. The zero-order chi connectivity index (χ0) is 28.7. The third-order valence-electron chi connectivity index (χ3n) is 6.46. The van der Waals surface area contributed by atoms with E-state index in [2.05, 4.69) is 4.72 Å². The molecule has 2 atom stereocenters. The van der Waals surface area contributed by atoms with Crippen molar-refractivity contribution in [3.05, 3.63) is 92.3 Å². The van der Waals surface area contributed by atoms with Crippen LogP contribution in [0.15, 0.2) is 53.5 Å². The Kier molecular flexibility index (Phi) is 10.7. The van der Waals surface area contributed by atoms with Crippen LogP contribution in [0.2, 0.25) is 0 Å². The lowest BCUT2D eigenvalue weighted by Crippen LogP contribution is -2.26. The van der Waals surface area contributed by atoms with Crippen LogP contribution in [-0.2, 0) is 24.6 Å². The minimum Gasteiger partial charge on any atom is -0.785 e. The van der Waals surface area contributed by atoms with Gasteiger partial charge in [-0.3, -0.25) is 9.59 Å². The summed E-state index contributed by atoms with van der Waals surface area (Å²) in [6.07, 6.45) is 3.33. The Morgan fingerprint density at radius 1 is 1.15 bits per heavy atom. The van der Waals surface area contributed by atoms with Gasteiger partial charge >= 0.3 is 0 Å². The molecule has 3 rings (SSSR count). The molecule has 8 nitrogen and oxygen atoms in total. The maximum atomic E-state index is 13.9. The van der Waals surface area contributed by atoms with E-state index < -0.39 is 28.6 Å². The molecule has 0 aliphatic carbocycles. The summed E-state index contributed by atoms with van der Waals surface area (Å²) in [6, 6.07) is 9.78. The smallest absolute Gasteiger partial charge is 0.250 e. The molecular formula is C29H35FN3O5S-. The first-order valence-corrected chi connectivity index (χ1v) is 14.2. The maximum Gasteiger partial charge on any atom is 0.250 e. The number of aromatic nitrogens is 1. The summed E-state index contributed by atoms with van der Waals surface area (Å²) in [7, 11) is 1.65. The van der Waals surface area contributed by atoms with Crippen LogP contribution in [0.1, 0.15) is 66.7 Å². The molecule has 39 heavy (non-hydrogen) atoms. The van der Waals surface area contributed by atoms with Crippen LogP contribution in [-0.4, -0.2) is 39.0 Å². The SMILES string of the molecule is CCCC[S@@](=O)N[C@@H](C)c1cc(=O)n(C)cc1-c1cc(CN([O-])CC)ccc1C(=O)c1ccc(F)cc1OC. The predicted octanol–water partition coefficient (Wildman–Crippen LogP) is 4.87. The first-order valence-electron chi connectivity index (χ1n) is 12.9. The van der Waals surface area contributed by atoms with Gasteiger partial charge in [0.15, 0.2) is 5.78 Å². The van der Waals surface area contributed by atoms with Crippen LogP contribution in [0.4, 0.5) is 4.39 Å². The highest BCUT2D eigenvalue weighted by Gasteiger charge is 2.23. The number of carbonyl (C=O) groups excluding carboxylic acids is 1. The Balaban J connectivity index is 2.23. The predicted molar refractivity (Wildman–Crippen MR) is 152 cm³/mol. The maximum absolute atomic E-state index is 13.9. The molecule has 1 heterocycles. The van der Waals surface area contributed by atoms with Gasteiger partial charge in [0.25, 0.3) is 5.56 Å². The van der Waals surface area contributed by atoms with E-state index in [4.69, 9.17) is 4.74 Å². The van der Waals surface area contributed by atoms with Crippen molar-refractivity contribution < 1.29 is 18.1 Å². The first kappa shape index (κ1) is 30.4. The number of nitrogens with one attached hydrogen (secondary N) is 1. The average molecular weight is 557 g/mol. The molecule has 3 aromatic rings. The third-order valence-corrected chi connectivity index (χ3v) is 7.73. The van der Waals surface area contributed by atoms with Gasteiger partial charge in [0.1, 0.15) is 11.6 Å². The summed E-state index contributed by atoms with van der Waals surface area (Å²) in [4.78, 5) is 26.5. The van der Waals surface area contributed by atoms with Gasteiger partial charge in [-0.2, -0.15) is 0 Å². The highest BCUT2D eigenvalue weighted by atomic mass is 32.2. The number of hydrogen-bond acceptors (Lipinski definition) is 6. The fourth-order valence-electron chi connectivity index (χ4n) is 4.25. The molecule has 10 heteroatoms. The number of methoxy groups -OCH3 is 1. The number of hydrogen-bond donors (Lipinski definition) is 1. The van der Waals surface area contributed by atoms with Crippen LogP contribution >= 0.6 is 0 Å². The van der Waals surface area contributed by atoms with Gasteiger partial charge in [-0.25, -0.2) is 13.3 Å². The molecule has 0 radical (unpaired) electrons. The van der Waals surface area contributed by atoms with Crippen molar-refractivity contribution in [3.63, 3.8) is 0 Å². The number of ketones is 1. The monoisotopic (exact) mass is 556 g/mol. The lowest BCUT2D eigenvalue weighted by atomic mass is 9.89. The molecule has 0 aliphatic rings. The lowest BCUT2D eigenvalue weighted by Gasteiger charge is -2.27. The molecule has 1 aromatic heterocycles. The number of hydroxylamine groups is 2. The summed E-state index contributed by atoms with van der Waals surface area (Å²) < 4.78 is 36.3. The van der Waals surface area contributed by atoms with Crippen molar-refractivity contribution in [1.29, 1.82) is 0 Å². The number of benzene rings is 2. The van der Waals surface area contributed by atoms with Crippen molar-refractivity contribution in [2.45, 2.75) is 46.2 Å². The van der Waals surface area contributed by atoms with Crippen molar-refractivity contribution in [2.75, 3.05) is 19.4 Å². The number of carbonyl (C=O) groups is 1. The molecular weight excluding hydrogens is 521 g/mol. The van der Waals surface area contributed by atoms with Crippen LogP contribution < -0.4 is 15.0 Å². The second-order valence-electron chi connectivity index (χ2n) is 9.34. The Hall–Kier alpha value is -3.18. The minimum atomic E-state index is -1.32. The molecule has 0 aliphatic heterocycles. The molecule has 0 amide bonds. The van der Waals surface area contributed by atoms with E-state index in [9.17, 15) is 23.4 Å². The number of halogens is 1. The van der Waals surface area contributed by atoms with Crippen LogP contribution in [0.25, 0.3) is 11.1 Å². The molecule has 2 aromatic carbocycles. The van der Waals surface area contributed by atoms with Gasteiger partial charge in [0.05, 0.1) is 23.7 Å². The Labute approximate surface area is 231 Å². The fourth-order valence-corrected chi connectivity index (χ4v) is 5.44. The number of pyridine rings is 1. The zero-order valence-electron chi connectivity index (χ0n) is 23.0. The molecule has 0 saturated carbocycles. The Morgan fingerprint density at radius 2 is 1.87 bits per heavy atom. The van der Waals surface area contributed by atoms with E-state index in [0.717, 1.165) is 24.0 Å². The quantitative estimate of drug-likeness (QED) is 0.238. The summed E-state index contributed by atoms with van der Waals surface area (Å²) in [5.74, 6) is -0.380. The normalized spacial score (nSPS) is 12.9. The van der Waals surface area contributed by atoms with Crippen molar-refractivity contribution in [3.8, 4) is 16.9 Å². The van der Waals surface area contributed by atoms with Gasteiger partial charge in [-0.1, -0.05) is 32.4 Å².